The van der Waals surface area contributed by atoms with E-state index in [4.69, 9.17) is 5.11 Å². The Kier molecular flexibility index (Phi) is 3.92. The van der Waals surface area contributed by atoms with Gasteiger partial charge in [-0.25, -0.2) is 4.79 Å². The number of nitrogens with one attached hydrogen (secondary N) is 1. The lowest BCUT2D eigenvalue weighted by Gasteiger charge is -2.03. The van der Waals surface area contributed by atoms with Gasteiger partial charge in [-0.15, -0.1) is 0 Å². The second kappa shape index (κ2) is 5.89. The fourth-order valence-electron chi connectivity index (χ4n) is 2.58. The minimum absolute atomic E-state index is 0.130. The van der Waals surface area contributed by atoms with Crippen LogP contribution in [-0.2, 0) is 11.2 Å². The predicted octanol–water partition coefficient (Wildman–Crippen LogP) is 3.92. The molecule has 0 radical (unpaired) electrons. The van der Waals surface area contributed by atoms with E-state index in [1.54, 1.807) is 6.07 Å². The molecule has 23 heavy (non-hydrogen) atoms. The summed E-state index contributed by atoms with van der Waals surface area (Å²) in [5.74, 6) is -2.01. The zero-order chi connectivity index (χ0) is 16.6. The quantitative estimate of drug-likeness (QED) is 0.646. The van der Waals surface area contributed by atoms with E-state index in [0.717, 1.165) is 10.0 Å². The van der Waals surface area contributed by atoms with E-state index in [9.17, 15) is 14.7 Å². The van der Waals surface area contributed by atoms with E-state index >= 15 is 0 Å². The second-order valence-electron chi connectivity index (χ2n) is 5.12. The van der Waals surface area contributed by atoms with Crippen molar-refractivity contribution in [3.05, 3.63) is 58.1 Å². The third-order valence-electron chi connectivity index (χ3n) is 3.61. The van der Waals surface area contributed by atoms with E-state index in [0.29, 0.717) is 22.2 Å². The molecule has 0 aliphatic heterocycles. The molecule has 2 aromatic carbocycles. The molecule has 6 heteroatoms. The standard InChI is InChI=1S/C17H12BrNO4/c18-11-4-1-9(2-5-11)16-13(8-15(20)21)12-7-10(17(22)23)3-6-14(12)19-16/h1-7,19H,8H2,(H,20,21)(H,22,23). The van der Waals surface area contributed by atoms with Gasteiger partial charge in [-0.05, 0) is 41.5 Å². The maximum atomic E-state index is 11.2. The van der Waals surface area contributed by atoms with Crippen LogP contribution in [0, 0.1) is 0 Å². The smallest absolute Gasteiger partial charge is 0.335 e. The Balaban J connectivity index is 2.25. The van der Waals surface area contributed by atoms with Gasteiger partial charge in [0.25, 0.3) is 0 Å². The van der Waals surface area contributed by atoms with Gasteiger partial charge in [0.05, 0.1) is 17.7 Å². The highest BCUT2D eigenvalue weighted by atomic mass is 79.9. The summed E-state index contributed by atoms with van der Waals surface area (Å²) in [6.45, 7) is 0. The largest absolute Gasteiger partial charge is 0.481 e. The lowest BCUT2D eigenvalue weighted by Crippen LogP contribution is -2.01. The highest BCUT2D eigenvalue weighted by molar-refractivity contribution is 9.10. The molecule has 0 bridgehead atoms. The first-order valence-electron chi connectivity index (χ1n) is 6.81. The molecule has 1 heterocycles. The number of carboxylic acids is 2. The number of hydrogen-bond acceptors (Lipinski definition) is 2. The summed E-state index contributed by atoms with van der Waals surface area (Å²) in [6.07, 6.45) is -0.186. The van der Waals surface area contributed by atoms with Crippen LogP contribution in [0.2, 0.25) is 0 Å². The van der Waals surface area contributed by atoms with Gasteiger partial charge in [0, 0.05) is 15.4 Å². The Morgan fingerprint density at radius 2 is 1.74 bits per heavy atom. The Hall–Kier alpha value is -2.60. The number of carboxylic acid groups (broad SMARTS) is 2. The number of aromatic nitrogens is 1. The zero-order valence-electron chi connectivity index (χ0n) is 11.8. The molecule has 0 atom stereocenters. The summed E-state index contributed by atoms with van der Waals surface area (Å²) in [4.78, 5) is 25.6. The summed E-state index contributed by atoms with van der Waals surface area (Å²) in [6, 6.07) is 12.1. The van der Waals surface area contributed by atoms with Crippen LogP contribution >= 0.6 is 15.9 Å². The summed E-state index contributed by atoms with van der Waals surface area (Å²) in [5.41, 5.74) is 2.96. The first-order valence-corrected chi connectivity index (χ1v) is 7.60. The van der Waals surface area contributed by atoms with Gasteiger partial charge >= 0.3 is 11.9 Å². The number of aliphatic carboxylic acids is 1. The zero-order valence-corrected chi connectivity index (χ0v) is 13.4. The molecule has 0 unspecified atom stereocenters. The monoisotopic (exact) mass is 373 g/mol. The average Bonchev–Trinajstić information content (AvgIpc) is 2.85. The van der Waals surface area contributed by atoms with Crippen LogP contribution in [-0.4, -0.2) is 27.1 Å². The van der Waals surface area contributed by atoms with E-state index < -0.39 is 11.9 Å². The van der Waals surface area contributed by atoms with Crippen LogP contribution in [0.25, 0.3) is 22.2 Å². The van der Waals surface area contributed by atoms with Gasteiger partial charge in [-0.2, -0.15) is 0 Å². The summed E-state index contributed by atoms with van der Waals surface area (Å²) < 4.78 is 0.922. The van der Waals surface area contributed by atoms with Crippen molar-refractivity contribution in [3.63, 3.8) is 0 Å². The van der Waals surface area contributed by atoms with E-state index in [2.05, 4.69) is 20.9 Å². The Morgan fingerprint density at radius 1 is 1.04 bits per heavy atom. The van der Waals surface area contributed by atoms with Gasteiger partial charge in [-0.3, -0.25) is 4.79 Å². The van der Waals surface area contributed by atoms with Crippen molar-refractivity contribution in [2.75, 3.05) is 0 Å². The molecule has 1 aromatic heterocycles. The number of hydrogen-bond donors (Lipinski definition) is 3. The highest BCUT2D eigenvalue weighted by Crippen LogP contribution is 2.32. The van der Waals surface area contributed by atoms with Crippen LogP contribution in [0.5, 0.6) is 0 Å². The van der Waals surface area contributed by atoms with E-state index in [-0.39, 0.29) is 12.0 Å². The van der Waals surface area contributed by atoms with Crippen molar-refractivity contribution in [1.82, 2.24) is 4.98 Å². The van der Waals surface area contributed by atoms with Gasteiger partial charge in [0.2, 0.25) is 0 Å². The van der Waals surface area contributed by atoms with Gasteiger partial charge in [0.1, 0.15) is 0 Å². The number of benzene rings is 2. The molecule has 3 N–H and O–H groups in total. The van der Waals surface area contributed by atoms with E-state index in [1.807, 2.05) is 24.3 Å². The maximum Gasteiger partial charge on any atom is 0.335 e. The summed E-state index contributed by atoms with van der Waals surface area (Å²) in [5, 5.41) is 19.0. The molecule has 3 rings (SSSR count). The lowest BCUT2D eigenvalue weighted by molar-refractivity contribution is -0.136. The second-order valence-corrected chi connectivity index (χ2v) is 6.04. The third-order valence-corrected chi connectivity index (χ3v) is 4.14. The Bertz CT molecular complexity index is 912. The molecule has 5 nitrogen and oxygen atoms in total. The molecule has 0 saturated heterocycles. The van der Waals surface area contributed by atoms with Crippen molar-refractivity contribution in [1.29, 1.82) is 0 Å². The molecule has 0 aliphatic carbocycles. The van der Waals surface area contributed by atoms with Gasteiger partial charge in [-0.1, -0.05) is 28.1 Å². The topological polar surface area (TPSA) is 90.4 Å². The minimum Gasteiger partial charge on any atom is -0.481 e. The third kappa shape index (κ3) is 2.98. The van der Waals surface area contributed by atoms with Crippen LogP contribution in [0.4, 0.5) is 0 Å². The number of fused-ring (bicyclic) bond motifs is 1. The fourth-order valence-corrected chi connectivity index (χ4v) is 2.84. The number of aromatic carboxylic acids is 1. The molecule has 0 fully saturated rings. The fraction of sp³-hybridized carbons (Fsp3) is 0.0588. The van der Waals surface area contributed by atoms with E-state index in [1.165, 1.54) is 12.1 Å². The van der Waals surface area contributed by atoms with Crippen molar-refractivity contribution in [2.24, 2.45) is 0 Å². The Labute approximate surface area is 139 Å². The molecule has 3 aromatic rings. The maximum absolute atomic E-state index is 11.2. The minimum atomic E-state index is -1.04. The molecular weight excluding hydrogens is 362 g/mol. The number of carbonyl (C=O) groups is 2. The van der Waals surface area contributed by atoms with Gasteiger partial charge in [0.15, 0.2) is 0 Å². The summed E-state index contributed by atoms with van der Waals surface area (Å²) >= 11 is 3.37. The van der Waals surface area contributed by atoms with Crippen molar-refractivity contribution in [3.8, 4) is 11.3 Å². The SMILES string of the molecule is O=C(O)Cc1c(-c2ccc(Br)cc2)[nH]c2ccc(C(=O)O)cc12. The Morgan fingerprint density at radius 3 is 2.35 bits per heavy atom. The average molecular weight is 374 g/mol. The first-order chi connectivity index (χ1) is 11.0. The van der Waals surface area contributed by atoms with Crippen LogP contribution in [0.3, 0.4) is 0 Å². The number of rotatable bonds is 4. The van der Waals surface area contributed by atoms with Crippen molar-refractivity contribution >= 4 is 38.8 Å². The molecule has 0 saturated carbocycles. The summed E-state index contributed by atoms with van der Waals surface area (Å²) in [7, 11) is 0. The molecular formula is C17H12BrNO4. The lowest BCUT2D eigenvalue weighted by atomic mass is 10.0. The molecule has 116 valence electrons. The van der Waals surface area contributed by atoms with Crippen LogP contribution in [0.15, 0.2) is 46.9 Å². The molecule has 0 amide bonds. The van der Waals surface area contributed by atoms with Crippen LogP contribution < -0.4 is 0 Å². The normalized spacial score (nSPS) is 10.8. The van der Waals surface area contributed by atoms with Crippen LogP contribution in [0.1, 0.15) is 15.9 Å². The number of H-pyrrole nitrogens is 1. The number of halogens is 1. The van der Waals surface area contributed by atoms with Crippen molar-refractivity contribution < 1.29 is 19.8 Å². The predicted molar refractivity (Wildman–Crippen MR) is 89.7 cm³/mol. The first kappa shape index (κ1) is 15.3. The molecule has 0 aliphatic rings. The highest BCUT2D eigenvalue weighted by Gasteiger charge is 2.17. The van der Waals surface area contributed by atoms with Crippen molar-refractivity contribution in [2.45, 2.75) is 6.42 Å². The number of aromatic amines is 1. The molecule has 0 spiro atoms. The van der Waals surface area contributed by atoms with Gasteiger partial charge < -0.3 is 15.2 Å².